The molecule has 1 N–H and O–H groups in total. The highest BCUT2D eigenvalue weighted by molar-refractivity contribution is 5.90. The summed E-state index contributed by atoms with van der Waals surface area (Å²) in [5.74, 6) is -1.54. The Kier molecular flexibility index (Phi) is 2.44. The zero-order valence-corrected chi connectivity index (χ0v) is 6.34. The Labute approximate surface area is 72.6 Å². The molecule has 1 aromatic rings. The number of hydrogen-bond acceptors (Lipinski definition) is 4. The van der Waals surface area contributed by atoms with E-state index in [0.717, 1.165) is 18.5 Å². The van der Waals surface area contributed by atoms with E-state index in [9.17, 15) is 14.8 Å². The molecule has 0 amide bonds. The average molecular weight is 183 g/mol. The molecule has 0 aliphatic rings. The van der Waals surface area contributed by atoms with Gasteiger partial charge in [-0.05, 0) is 0 Å². The lowest BCUT2D eigenvalue weighted by Crippen LogP contribution is -2.25. The third-order valence-corrected chi connectivity index (χ3v) is 1.30. The van der Waals surface area contributed by atoms with Crippen LogP contribution in [-0.4, -0.2) is 17.5 Å². The Bertz CT molecular complexity index is 349. The van der Waals surface area contributed by atoms with Crippen LogP contribution >= 0.6 is 0 Å². The van der Waals surface area contributed by atoms with Crippen LogP contribution < -0.4 is 9.47 Å². The molecule has 0 unspecified atom stereocenters. The minimum Gasteiger partial charge on any atom is -0.619 e. The van der Waals surface area contributed by atoms with E-state index in [4.69, 9.17) is 5.11 Å². The predicted octanol–water partition coefficient (Wildman–Crippen LogP) is -0.447. The third kappa shape index (κ3) is 1.92. The maximum absolute atomic E-state index is 10.7. The van der Waals surface area contributed by atoms with Gasteiger partial charge in [0.05, 0.1) is 0 Å². The summed E-state index contributed by atoms with van der Waals surface area (Å²) in [4.78, 5) is 20.4. The van der Waals surface area contributed by atoms with E-state index in [1.807, 2.05) is 0 Å². The lowest BCUT2D eigenvalue weighted by molar-refractivity contribution is -0.605. The van der Waals surface area contributed by atoms with Crippen molar-refractivity contribution in [2.45, 2.75) is 0 Å². The highest BCUT2D eigenvalue weighted by Crippen LogP contribution is 2.14. The van der Waals surface area contributed by atoms with Crippen molar-refractivity contribution in [3.05, 3.63) is 29.2 Å². The fourth-order valence-electron chi connectivity index (χ4n) is 0.781. The highest BCUT2D eigenvalue weighted by Gasteiger charge is 2.14. The molecule has 0 aliphatic heterocycles. The molecular formula is C7H5NO5. The molecule has 0 aromatic carbocycles. The topological polar surface area (TPSA) is 90.5 Å². The van der Waals surface area contributed by atoms with Gasteiger partial charge in [0.1, 0.15) is 5.56 Å². The maximum Gasteiger partial charge on any atom is 0.339 e. The molecule has 0 bridgehead atoms. The second-order valence-electron chi connectivity index (χ2n) is 2.10. The van der Waals surface area contributed by atoms with Crippen molar-refractivity contribution in [3.63, 3.8) is 0 Å². The molecule has 0 atom stereocenters. The predicted molar refractivity (Wildman–Crippen MR) is 39.1 cm³/mol. The number of aromatic nitrogens is 1. The zero-order chi connectivity index (χ0) is 9.84. The van der Waals surface area contributed by atoms with Gasteiger partial charge in [-0.3, -0.25) is 4.79 Å². The van der Waals surface area contributed by atoms with Gasteiger partial charge in [-0.15, -0.1) is 0 Å². The number of carbonyl (C=O) groups is 2. The number of hydrogen-bond donors (Lipinski definition) is 1. The fraction of sp³-hybridized carbons (Fsp3) is 0. The van der Waals surface area contributed by atoms with Crippen molar-refractivity contribution >= 4 is 12.4 Å². The van der Waals surface area contributed by atoms with E-state index in [1.165, 1.54) is 0 Å². The first kappa shape index (κ1) is 8.98. The lowest BCUT2D eigenvalue weighted by Gasteiger charge is -2.01. The first-order valence-corrected chi connectivity index (χ1v) is 3.21. The third-order valence-electron chi connectivity index (χ3n) is 1.30. The number of pyridine rings is 1. The summed E-state index contributed by atoms with van der Waals surface area (Å²) in [6.07, 6.45) is 1.86. The number of carboxylic acids is 1. The Balaban J connectivity index is 3.17. The summed E-state index contributed by atoms with van der Waals surface area (Å²) in [5.41, 5.74) is -0.237. The summed E-state index contributed by atoms with van der Waals surface area (Å²) in [5, 5.41) is 19.2. The summed E-state index contributed by atoms with van der Waals surface area (Å²) >= 11 is 0. The molecule has 6 heteroatoms. The molecule has 0 saturated heterocycles. The second kappa shape index (κ2) is 3.53. The van der Waals surface area contributed by atoms with Gasteiger partial charge in [-0.1, -0.05) is 0 Å². The maximum atomic E-state index is 10.7. The SMILES string of the molecule is O=COc1c[n+]([O-])ccc1C(=O)O. The summed E-state index contributed by atoms with van der Waals surface area (Å²) in [7, 11) is 0. The average Bonchev–Trinajstić information content (AvgIpc) is 2.04. The molecule has 68 valence electrons. The van der Waals surface area contributed by atoms with Crippen LogP contribution in [0, 0.1) is 5.21 Å². The number of nitrogens with zero attached hydrogens (tertiary/aromatic N) is 1. The van der Waals surface area contributed by atoms with Crippen LogP contribution in [0.2, 0.25) is 0 Å². The van der Waals surface area contributed by atoms with E-state index < -0.39 is 5.97 Å². The molecule has 1 rings (SSSR count). The van der Waals surface area contributed by atoms with Crippen LogP contribution in [0.5, 0.6) is 5.75 Å². The first-order chi connectivity index (χ1) is 6.15. The monoisotopic (exact) mass is 183 g/mol. The van der Waals surface area contributed by atoms with Gasteiger partial charge in [0.2, 0.25) is 11.9 Å². The quantitative estimate of drug-likeness (QED) is 0.389. The van der Waals surface area contributed by atoms with E-state index >= 15 is 0 Å². The molecule has 0 aliphatic carbocycles. The van der Waals surface area contributed by atoms with Crippen LogP contribution in [0.1, 0.15) is 10.4 Å². The zero-order valence-electron chi connectivity index (χ0n) is 6.34. The van der Waals surface area contributed by atoms with E-state index in [1.54, 1.807) is 0 Å². The van der Waals surface area contributed by atoms with Crippen LogP contribution in [0.3, 0.4) is 0 Å². The van der Waals surface area contributed by atoms with Crippen molar-refractivity contribution < 1.29 is 24.2 Å². The summed E-state index contributed by atoms with van der Waals surface area (Å²) < 4.78 is 4.64. The number of ether oxygens (including phenoxy) is 1. The number of rotatable bonds is 3. The molecule has 0 spiro atoms. The minimum atomic E-state index is -1.27. The highest BCUT2D eigenvalue weighted by atomic mass is 16.5. The smallest absolute Gasteiger partial charge is 0.339 e. The Hall–Kier alpha value is -2.11. The molecule has 1 heterocycles. The van der Waals surface area contributed by atoms with Crippen molar-refractivity contribution in [1.82, 2.24) is 0 Å². The first-order valence-electron chi connectivity index (χ1n) is 3.21. The minimum absolute atomic E-state index is 0.0573. The lowest BCUT2D eigenvalue weighted by atomic mass is 10.2. The largest absolute Gasteiger partial charge is 0.619 e. The molecule has 1 aromatic heterocycles. The Morgan fingerprint density at radius 1 is 1.69 bits per heavy atom. The molecule has 0 fully saturated rings. The van der Waals surface area contributed by atoms with Gasteiger partial charge in [-0.2, -0.15) is 4.73 Å². The molecular weight excluding hydrogens is 178 g/mol. The van der Waals surface area contributed by atoms with E-state index in [0.29, 0.717) is 4.73 Å². The normalized spacial score (nSPS) is 9.23. The fourth-order valence-corrected chi connectivity index (χ4v) is 0.781. The van der Waals surface area contributed by atoms with Gasteiger partial charge >= 0.3 is 5.97 Å². The van der Waals surface area contributed by atoms with Gasteiger partial charge in [0.25, 0.3) is 6.47 Å². The van der Waals surface area contributed by atoms with Crippen LogP contribution in [0.4, 0.5) is 0 Å². The second-order valence-corrected chi connectivity index (χ2v) is 2.10. The van der Waals surface area contributed by atoms with E-state index in [-0.39, 0.29) is 17.8 Å². The van der Waals surface area contributed by atoms with Gasteiger partial charge in [0.15, 0.2) is 6.20 Å². The molecule has 6 nitrogen and oxygen atoms in total. The van der Waals surface area contributed by atoms with Crippen LogP contribution in [-0.2, 0) is 4.79 Å². The Morgan fingerprint density at radius 2 is 2.38 bits per heavy atom. The summed E-state index contributed by atoms with van der Waals surface area (Å²) in [6.45, 7) is 0.0573. The number of carboxylic acid groups (broad SMARTS) is 1. The van der Waals surface area contributed by atoms with Crippen LogP contribution in [0.15, 0.2) is 18.5 Å². The van der Waals surface area contributed by atoms with Gasteiger partial charge < -0.3 is 15.1 Å². The van der Waals surface area contributed by atoms with Crippen molar-refractivity contribution in [2.75, 3.05) is 0 Å². The number of aromatic carboxylic acids is 1. The summed E-state index contributed by atoms with van der Waals surface area (Å²) in [6, 6.07) is 1.05. The Morgan fingerprint density at radius 3 is 2.92 bits per heavy atom. The van der Waals surface area contributed by atoms with Crippen molar-refractivity contribution in [3.8, 4) is 5.75 Å². The van der Waals surface area contributed by atoms with Gasteiger partial charge in [-0.25, -0.2) is 4.79 Å². The molecule has 13 heavy (non-hydrogen) atoms. The van der Waals surface area contributed by atoms with E-state index in [2.05, 4.69) is 4.74 Å². The molecule has 0 saturated carbocycles. The van der Waals surface area contributed by atoms with Gasteiger partial charge in [0, 0.05) is 6.07 Å². The molecule has 0 radical (unpaired) electrons. The number of carbonyl (C=O) groups excluding carboxylic acids is 1. The van der Waals surface area contributed by atoms with Crippen molar-refractivity contribution in [2.24, 2.45) is 0 Å². The van der Waals surface area contributed by atoms with Crippen molar-refractivity contribution in [1.29, 1.82) is 0 Å². The standard InChI is InChI=1S/C7H5NO5/c9-4-13-6-3-8(12)2-1-5(6)7(10)11/h1-4H,(H,10,11). The van der Waals surface area contributed by atoms with Crippen LogP contribution in [0.25, 0.3) is 0 Å².